The molecule has 0 spiro atoms. The first-order chi connectivity index (χ1) is 13.3. The Morgan fingerprint density at radius 3 is 2.32 bits per heavy atom. The number of benzene rings is 1. The first-order valence-electron chi connectivity index (χ1n) is 9.95. The van der Waals surface area contributed by atoms with E-state index in [1.54, 1.807) is 25.3 Å². The zero-order valence-electron chi connectivity index (χ0n) is 17.0. The Hall–Kier alpha value is -1.64. The number of hydrogen-bond acceptors (Lipinski definition) is 5. The molecule has 0 atom stereocenters. The van der Waals surface area contributed by atoms with E-state index in [4.69, 9.17) is 4.74 Å². The predicted octanol–water partition coefficient (Wildman–Crippen LogP) is 1.61. The average molecular weight is 410 g/mol. The standard InChI is InChI=1S/C20H31N3O4S/c1-15-14-18(4-5-19(15)27-3)28(25,26)23-12-6-16(7-13-23)20(24)21-17-8-10-22(2)11-9-17/h4-5,14,16-17H,6-13H2,1-3H3,(H,21,24). The van der Waals surface area contributed by atoms with Crippen molar-refractivity contribution < 1.29 is 17.9 Å². The third-order valence-electron chi connectivity index (χ3n) is 5.89. The summed E-state index contributed by atoms with van der Waals surface area (Å²) in [6.45, 7) is 4.58. The molecule has 2 fully saturated rings. The van der Waals surface area contributed by atoms with Gasteiger partial charge in [-0.05, 0) is 76.5 Å². The molecule has 2 aliphatic heterocycles. The number of piperidine rings is 2. The van der Waals surface area contributed by atoms with Crippen molar-refractivity contribution in [2.45, 2.75) is 43.5 Å². The van der Waals surface area contributed by atoms with Crippen LogP contribution in [0.4, 0.5) is 0 Å². The Morgan fingerprint density at radius 2 is 1.75 bits per heavy atom. The van der Waals surface area contributed by atoms with Crippen molar-refractivity contribution in [2.75, 3.05) is 40.3 Å². The lowest BCUT2D eigenvalue weighted by molar-refractivity contribution is -0.127. The Kier molecular flexibility index (Phi) is 6.62. The first-order valence-corrected chi connectivity index (χ1v) is 11.4. The molecule has 7 nitrogen and oxygen atoms in total. The Morgan fingerprint density at radius 1 is 1.11 bits per heavy atom. The van der Waals surface area contributed by atoms with Crippen molar-refractivity contribution in [1.82, 2.24) is 14.5 Å². The van der Waals surface area contributed by atoms with Gasteiger partial charge in [-0.15, -0.1) is 0 Å². The zero-order chi connectivity index (χ0) is 20.3. The van der Waals surface area contributed by atoms with Crippen LogP contribution in [0.25, 0.3) is 0 Å². The number of carbonyl (C=O) groups is 1. The number of hydrogen-bond donors (Lipinski definition) is 1. The summed E-state index contributed by atoms with van der Waals surface area (Å²) in [4.78, 5) is 15.1. The van der Waals surface area contributed by atoms with Crippen LogP contribution in [0.5, 0.6) is 5.75 Å². The van der Waals surface area contributed by atoms with Crippen LogP contribution >= 0.6 is 0 Å². The molecule has 156 valence electrons. The summed E-state index contributed by atoms with van der Waals surface area (Å²) in [7, 11) is 0.112. The van der Waals surface area contributed by atoms with Crippen LogP contribution in [0.3, 0.4) is 0 Å². The normalized spacial score (nSPS) is 20.8. The molecule has 1 N–H and O–H groups in total. The summed E-state index contributed by atoms with van der Waals surface area (Å²) in [6.07, 6.45) is 3.08. The molecule has 28 heavy (non-hydrogen) atoms. The largest absolute Gasteiger partial charge is 0.496 e. The highest BCUT2D eigenvalue weighted by molar-refractivity contribution is 7.89. The molecule has 0 bridgehead atoms. The second kappa shape index (κ2) is 8.80. The van der Waals surface area contributed by atoms with E-state index in [2.05, 4.69) is 17.3 Å². The van der Waals surface area contributed by atoms with Crippen LogP contribution in [-0.4, -0.2) is 69.9 Å². The maximum Gasteiger partial charge on any atom is 0.243 e. The number of nitrogens with one attached hydrogen (secondary N) is 1. The fourth-order valence-corrected chi connectivity index (χ4v) is 5.55. The van der Waals surface area contributed by atoms with E-state index in [9.17, 15) is 13.2 Å². The van der Waals surface area contributed by atoms with E-state index >= 15 is 0 Å². The summed E-state index contributed by atoms with van der Waals surface area (Å²) >= 11 is 0. The first kappa shape index (κ1) is 21.1. The number of likely N-dealkylation sites (tertiary alicyclic amines) is 1. The number of amides is 1. The topological polar surface area (TPSA) is 79.0 Å². The van der Waals surface area contributed by atoms with Crippen LogP contribution in [0.1, 0.15) is 31.2 Å². The lowest BCUT2D eigenvalue weighted by Gasteiger charge is -2.33. The summed E-state index contributed by atoms with van der Waals surface area (Å²) in [5.41, 5.74) is 0.788. The number of rotatable bonds is 5. The highest BCUT2D eigenvalue weighted by atomic mass is 32.2. The van der Waals surface area contributed by atoms with Crippen molar-refractivity contribution in [3.05, 3.63) is 23.8 Å². The van der Waals surface area contributed by atoms with Gasteiger partial charge in [-0.1, -0.05) is 0 Å². The van der Waals surface area contributed by atoms with Crippen molar-refractivity contribution in [3.63, 3.8) is 0 Å². The van der Waals surface area contributed by atoms with E-state index in [-0.39, 0.29) is 22.8 Å². The number of sulfonamides is 1. The molecule has 0 aromatic heterocycles. The fourth-order valence-electron chi connectivity index (χ4n) is 3.99. The van der Waals surface area contributed by atoms with Gasteiger partial charge in [0.2, 0.25) is 15.9 Å². The molecule has 0 unspecified atom stereocenters. The van der Waals surface area contributed by atoms with Gasteiger partial charge in [-0.25, -0.2) is 8.42 Å². The summed E-state index contributed by atoms with van der Waals surface area (Å²) in [6, 6.07) is 5.16. The van der Waals surface area contributed by atoms with Gasteiger partial charge in [-0.2, -0.15) is 4.31 Å². The third-order valence-corrected chi connectivity index (χ3v) is 7.79. The monoisotopic (exact) mass is 409 g/mol. The van der Waals surface area contributed by atoms with Gasteiger partial charge in [0.05, 0.1) is 12.0 Å². The second-order valence-electron chi connectivity index (χ2n) is 7.90. The molecule has 0 radical (unpaired) electrons. The van der Waals surface area contributed by atoms with Crippen molar-refractivity contribution >= 4 is 15.9 Å². The van der Waals surface area contributed by atoms with Gasteiger partial charge < -0.3 is 15.0 Å². The maximum atomic E-state index is 12.9. The summed E-state index contributed by atoms with van der Waals surface area (Å²) < 4.78 is 32.6. The molecule has 2 aliphatic rings. The van der Waals surface area contributed by atoms with Crippen LogP contribution in [0.15, 0.2) is 23.1 Å². The molecule has 1 amide bonds. The van der Waals surface area contributed by atoms with Gasteiger partial charge in [0.15, 0.2) is 0 Å². The predicted molar refractivity (Wildman–Crippen MR) is 108 cm³/mol. The van der Waals surface area contributed by atoms with Gasteiger partial charge in [0, 0.05) is 25.0 Å². The summed E-state index contributed by atoms with van der Waals surface area (Å²) in [5.74, 6) is 0.638. The number of carbonyl (C=O) groups excluding carboxylic acids is 1. The smallest absolute Gasteiger partial charge is 0.243 e. The second-order valence-corrected chi connectivity index (χ2v) is 9.83. The zero-order valence-corrected chi connectivity index (χ0v) is 17.8. The SMILES string of the molecule is COc1ccc(S(=O)(=O)N2CCC(C(=O)NC3CCN(C)CC3)CC2)cc1C. The van der Waals surface area contributed by atoms with Gasteiger partial charge in [0.1, 0.15) is 5.75 Å². The Labute approximate surface area is 168 Å². The highest BCUT2D eigenvalue weighted by Crippen LogP contribution is 2.27. The Balaban J connectivity index is 1.57. The molecule has 0 saturated carbocycles. The van der Waals surface area contributed by atoms with E-state index < -0.39 is 10.0 Å². The average Bonchev–Trinajstić information content (AvgIpc) is 2.69. The molecule has 2 heterocycles. The molecule has 8 heteroatoms. The number of nitrogens with zero attached hydrogens (tertiary/aromatic N) is 2. The molecule has 2 saturated heterocycles. The summed E-state index contributed by atoms with van der Waals surface area (Å²) in [5, 5.41) is 3.17. The lowest BCUT2D eigenvalue weighted by atomic mass is 9.96. The molecule has 3 rings (SSSR count). The molecular formula is C20H31N3O4S. The van der Waals surface area contributed by atoms with Crippen molar-refractivity contribution in [3.8, 4) is 5.75 Å². The van der Waals surface area contributed by atoms with Crippen LogP contribution in [0, 0.1) is 12.8 Å². The van der Waals surface area contributed by atoms with Crippen molar-refractivity contribution in [2.24, 2.45) is 5.92 Å². The number of aryl methyl sites for hydroxylation is 1. The van der Waals surface area contributed by atoms with E-state index in [0.29, 0.717) is 31.7 Å². The lowest BCUT2D eigenvalue weighted by Crippen LogP contribution is -2.48. The van der Waals surface area contributed by atoms with Gasteiger partial charge in [-0.3, -0.25) is 4.79 Å². The highest BCUT2D eigenvalue weighted by Gasteiger charge is 2.33. The maximum absolute atomic E-state index is 12.9. The molecule has 1 aromatic rings. The van der Waals surface area contributed by atoms with E-state index in [1.165, 1.54) is 4.31 Å². The van der Waals surface area contributed by atoms with E-state index in [0.717, 1.165) is 31.5 Å². The minimum Gasteiger partial charge on any atom is -0.496 e. The molecule has 1 aromatic carbocycles. The number of ether oxygens (including phenoxy) is 1. The minimum absolute atomic E-state index is 0.0758. The van der Waals surface area contributed by atoms with E-state index in [1.807, 2.05) is 6.92 Å². The van der Waals surface area contributed by atoms with Crippen LogP contribution in [-0.2, 0) is 14.8 Å². The number of methoxy groups -OCH3 is 1. The van der Waals surface area contributed by atoms with Crippen LogP contribution < -0.4 is 10.1 Å². The molecular weight excluding hydrogens is 378 g/mol. The van der Waals surface area contributed by atoms with Crippen molar-refractivity contribution in [1.29, 1.82) is 0 Å². The quantitative estimate of drug-likeness (QED) is 0.799. The van der Waals surface area contributed by atoms with Crippen LogP contribution in [0.2, 0.25) is 0 Å². The minimum atomic E-state index is -3.55. The van der Waals surface area contributed by atoms with Gasteiger partial charge >= 0.3 is 0 Å². The Bertz CT molecular complexity index is 796. The third kappa shape index (κ3) is 4.67. The van der Waals surface area contributed by atoms with Gasteiger partial charge in [0.25, 0.3) is 0 Å². The molecule has 0 aliphatic carbocycles. The fraction of sp³-hybridized carbons (Fsp3) is 0.650.